The van der Waals surface area contributed by atoms with E-state index in [2.05, 4.69) is 5.32 Å². The van der Waals surface area contributed by atoms with Gasteiger partial charge in [0.05, 0.1) is 4.90 Å². The molecule has 1 aliphatic heterocycles. The first-order chi connectivity index (χ1) is 12.6. The second-order valence-electron chi connectivity index (χ2n) is 6.22. The van der Waals surface area contributed by atoms with Gasteiger partial charge in [0.1, 0.15) is 0 Å². The number of hydrogen-bond donors (Lipinski definition) is 1. The number of piperidine rings is 1. The van der Waals surface area contributed by atoms with Crippen molar-refractivity contribution in [1.29, 1.82) is 0 Å². The summed E-state index contributed by atoms with van der Waals surface area (Å²) in [6, 6.07) is 8.74. The van der Waals surface area contributed by atoms with Crippen LogP contribution in [0, 0.1) is 0 Å². The smallest absolute Gasteiger partial charge is 0.244 e. The average molecular weight is 391 g/mol. The van der Waals surface area contributed by atoms with Crippen LogP contribution in [0.3, 0.4) is 0 Å². The third-order valence-electron chi connectivity index (χ3n) is 4.29. The monoisotopic (exact) mass is 390 g/mol. The van der Waals surface area contributed by atoms with Gasteiger partial charge in [0, 0.05) is 25.7 Å². The predicted molar refractivity (Wildman–Crippen MR) is 104 cm³/mol. The highest BCUT2D eigenvalue weighted by molar-refractivity contribution is 7.89. The summed E-state index contributed by atoms with van der Waals surface area (Å²) in [5, 5.41) is 6.70. The summed E-state index contributed by atoms with van der Waals surface area (Å²) in [6.07, 6.45) is 6.13. The molecule has 0 aliphatic carbocycles. The van der Waals surface area contributed by atoms with E-state index < -0.39 is 10.0 Å². The highest BCUT2D eigenvalue weighted by atomic mass is 32.2. The second kappa shape index (κ2) is 8.62. The minimum atomic E-state index is -3.46. The number of nitrogens with zero attached hydrogens (tertiary/aromatic N) is 1. The molecule has 0 unspecified atom stereocenters. The molecular weight excluding hydrogens is 368 g/mol. The molecule has 1 aliphatic rings. The third-order valence-corrected chi connectivity index (χ3v) is 6.88. The molecule has 0 radical (unpaired) electrons. The molecule has 1 fully saturated rings. The first-order valence-corrected chi connectivity index (χ1v) is 11.0. The Kier molecular flexibility index (Phi) is 6.24. The van der Waals surface area contributed by atoms with Crippen molar-refractivity contribution in [2.75, 3.05) is 13.1 Å². The van der Waals surface area contributed by atoms with Crippen LogP contribution in [0.4, 0.5) is 0 Å². The van der Waals surface area contributed by atoms with Crippen molar-refractivity contribution in [3.8, 4) is 0 Å². The molecule has 5 nitrogen and oxygen atoms in total. The van der Waals surface area contributed by atoms with Gasteiger partial charge in [0.2, 0.25) is 15.9 Å². The maximum atomic E-state index is 12.7. The van der Waals surface area contributed by atoms with Gasteiger partial charge in [0.25, 0.3) is 0 Å². The number of rotatable bonds is 6. The molecule has 0 spiro atoms. The molecule has 1 N–H and O–H groups in total. The second-order valence-corrected chi connectivity index (χ2v) is 8.94. The Morgan fingerprint density at radius 2 is 2.00 bits per heavy atom. The van der Waals surface area contributed by atoms with Crippen LogP contribution >= 0.6 is 11.3 Å². The van der Waals surface area contributed by atoms with Gasteiger partial charge in [-0.2, -0.15) is 15.6 Å². The lowest BCUT2D eigenvalue weighted by Crippen LogP contribution is -2.35. The highest BCUT2D eigenvalue weighted by Gasteiger charge is 2.25. The quantitative estimate of drug-likeness (QED) is 0.770. The predicted octanol–water partition coefficient (Wildman–Crippen LogP) is 3.25. The average Bonchev–Trinajstić information content (AvgIpc) is 3.19. The van der Waals surface area contributed by atoms with Crippen LogP contribution in [0.2, 0.25) is 0 Å². The Labute approximate surface area is 158 Å². The zero-order chi connectivity index (χ0) is 18.4. The normalized spacial score (nSPS) is 16.0. The molecule has 1 aromatic carbocycles. The molecule has 3 rings (SSSR count). The van der Waals surface area contributed by atoms with Crippen LogP contribution in [-0.4, -0.2) is 31.7 Å². The molecule has 2 aromatic rings. The topological polar surface area (TPSA) is 66.5 Å². The lowest BCUT2D eigenvalue weighted by atomic mass is 10.2. The van der Waals surface area contributed by atoms with E-state index in [0.29, 0.717) is 18.0 Å². The number of nitrogens with one attached hydrogen (secondary N) is 1. The van der Waals surface area contributed by atoms with E-state index in [9.17, 15) is 13.2 Å². The van der Waals surface area contributed by atoms with Crippen molar-refractivity contribution in [3.63, 3.8) is 0 Å². The van der Waals surface area contributed by atoms with Crippen LogP contribution in [0.15, 0.2) is 52.1 Å². The molecule has 138 valence electrons. The molecule has 0 atom stereocenters. The number of carbonyl (C=O) groups is 1. The van der Waals surface area contributed by atoms with Gasteiger partial charge < -0.3 is 5.32 Å². The summed E-state index contributed by atoms with van der Waals surface area (Å²) in [5.74, 6) is -0.208. The van der Waals surface area contributed by atoms with Crippen LogP contribution < -0.4 is 5.32 Å². The Balaban J connectivity index is 1.63. The maximum Gasteiger partial charge on any atom is 0.244 e. The van der Waals surface area contributed by atoms with Gasteiger partial charge in [0.15, 0.2) is 0 Å². The first-order valence-electron chi connectivity index (χ1n) is 8.63. The van der Waals surface area contributed by atoms with E-state index in [-0.39, 0.29) is 12.5 Å². The van der Waals surface area contributed by atoms with Gasteiger partial charge in [-0.05, 0) is 59.0 Å². The standard InChI is InChI=1S/C19H22N2O3S2/c22-19(8-7-16-9-12-25-15-16)20-14-17-5-4-6-18(13-17)26(23,24)21-10-2-1-3-11-21/h4-9,12-13,15H,1-3,10-11,14H2,(H,20,22)/b8-7+. The van der Waals surface area contributed by atoms with Crippen molar-refractivity contribution in [3.05, 3.63) is 58.3 Å². The van der Waals surface area contributed by atoms with E-state index >= 15 is 0 Å². The minimum absolute atomic E-state index is 0.208. The van der Waals surface area contributed by atoms with Gasteiger partial charge >= 0.3 is 0 Å². The number of carbonyl (C=O) groups excluding carboxylic acids is 1. The van der Waals surface area contributed by atoms with Crippen LogP contribution in [0.25, 0.3) is 6.08 Å². The Hall–Kier alpha value is -1.96. The number of amides is 1. The van der Waals surface area contributed by atoms with E-state index in [0.717, 1.165) is 30.4 Å². The molecule has 2 heterocycles. The zero-order valence-electron chi connectivity index (χ0n) is 14.4. The number of hydrogen-bond acceptors (Lipinski definition) is 4. The zero-order valence-corrected chi connectivity index (χ0v) is 16.1. The highest BCUT2D eigenvalue weighted by Crippen LogP contribution is 2.21. The van der Waals surface area contributed by atoms with Gasteiger partial charge in [-0.25, -0.2) is 8.42 Å². The van der Waals surface area contributed by atoms with Gasteiger partial charge in [-0.3, -0.25) is 4.79 Å². The fourth-order valence-electron chi connectivity index (χ4n) is 2.86. The lowest BCUT2D eigenvalue weighted by Gasteiger charge is -2.26. The number of sulfonamides is 1. The Bertz CT molecular complexity index is 868. The minimum Gasteiger partial charge on any atom is -0.348 e. The largest absolute Gasteiger partial charge is 0.348 e. The number of benzene rings is 1. The molecule has 1 saturated heterocycles. The lowest BCUT2D eigenvalue weighted by molar-refractivity contribution is -0.116. The van der Waals surface area contributed by atoms with E-state index in [1.165, 1.54) is 6.08 Å². The summed E-state index contributed by atoms with van der Waals surface area (Å²) in [7, 11) is -3.46. The van der Waals surface area contributed by atoms with Gasteiger partial charge in [-0.1, -0.05) is 18.6 Å². The van der Waals surface area contributed by atoms with Crippen molar-refractivity contribution < 1.29 is 13.2 Å². The van der Waals surface area contributed by atoms with E-state index in [1.807, 2.05) is 22.9 Å². The fraction of sp³-hybridized carbons (Fsp3) is 0.316. The van der Waals surface area contributed by atoms with E-state index in [4.69, 9.17) is 0 Å². The molecule has 26 heavy (non-hydrogen) atoms. The van der Waals surface area contributed by atoms with Crippen molar-refractivity contribution in [2.45, 2.75) is 30.7 Å². The van der Waals surface area contributed by atoms with Crippen molar-refractivity contribution in [1.82, 2.24) is 9.62 Å². The Morgan fingerprint density at radius 1 is 1.19 bits per heavy atom. The van der Waals surface area contributed by atoms with Crippen LogP contribution in [-0.2, 0) is 21.4 Å². The summed E-state index contributed by atoms with van der Waals surface area (Å²) in [4.78, 5) is 12.2. The van der Waals surface area contributed by atoms with Crippen LogP contribution in [0.1, 0.15) is 30.4 Å². The summed E-state index contributed by atoms with van der Waals surface area (Å²) < 4.78 is 27.0. The van der Waals surface area contributed by atoms with E-state index in [1.54, 1.807) is 39.9 Å². The molecule has 1 aromatic heterocycles. The summed E-state index contributed by atoms with van der Waals surface area (Å²) in [6.45, 7) is 1.45. The third kappa shape index (κ3) is 4.81. The number of thiophene rings is 1. The van der Waals surface area contributed by atoms with Gasteiger partial charge in [-0.15, -0.1) is 0 Å². The summed E-state index contributed by atoms with van der Waals surface area (Å²) in [5.41, 5.74) is 1.75. The van der Waals surface area contributed by atoms with Crippen molar-refractivity contribution in [2.24, 2.45) is 0 Å². The molecule has 0 saturated carbocycles. The molecule has 0 bridgehead atoms. The van der Waals surface area contributed by atoms with Crippen LogP contribution in [0.5, 0.6) is 0 Å². The SMILES string of the molecule is O=C(/C=C/c1ccsc1)NCc1cccc(S(=O)(=O)N2CCCCC2)c1. The molecular formula is C19H22N2O3S2. The maximum absolute atomic E-state index is 12.7. The summed E-state index contributed by atoms with van der Waals surface area (Å²) >= 11 is 1.57. The fourth-order valence-corrected chi connectivity index (χ4v) is 5.08. The molecule has 1 amide bonds. The molecule has 7 heteroatoms. The van der Waals surface area contributed by atoms with Crippen molar-refractivity contribution >= 4 is 33.3 Å². The Morgan fingerprint density at radius 3 is 2.73 bits per heavy atom. The first kappa shape index (κ1) is 18.8.